The number of rotatable bonds is 8. The molecule has 0 unspecified atom stereocenters. The third-order valence-corrected chi connectivity index (χ3v) is 7.22. The topological polar surface area (TPSA) is 102 Å². The molecule has 0 aliphatic carbocycles. The van der Waals surface area contributed by atoms with Crippen LogP contribution < -0.4 is 14.4 Å². The number of anilines is 1. The molecule has 0 saturated carbocycles. The van der Waals surface area contributed by atoms with Crippen LogP contribution in [0.1, 0.15) is 42.6 Å². The summed E-state index contributed by atoms with van der Waals surface area (Å²) < 4.78 is 38.8. The van der Waals surface area contributed by atoms with E-state index in [1.807, 2.05) is 26.0 Å². The highest BCUT2D eigenvalue weighted by Crippen LogP contribution is 2.35. The van der Waals surface area contributed by atoms with Crippen molar-refractivity contribution in [1.82, 2.24) is 5.32 Å². The molecule has 9 heteroatoms. The summed E-state index contributed by atoms with van der Waals surface area (Å²) in [5, 5.41) is 2.70. The lowest BCUT2D eigenvalue weighted by atomic mass is 10.0. The number of methoxy groups -OCH3 is 1. The Morgan fingerprint density at radius 2 is 1.94 bits per heavy atom. The molecule has 1 N–H and O–H groups in total. The van der Waals surface area contributed by atoms with Crippen molar-refractivity contribution in [3.63, 3.8) is 0 Å². The van der Waals surface area contributed by atoms with Gasteiger partial charge in [-0.05, 0) is 56.0 Å². The zero-order valence-corrected chi connectivity index (χ0v) is 19.3. The van der Waals surface area contributed by atoms with E-state index in [1.54, 1.807) is 12.1 Å². The quantitative estimate of drug-likeness (QED) is 0.608. The first-order valence-electron chi connectivity index (χ1n) is 10.5. The number of hydrogen-bond donors (Lipinski definition) is 1. The lowest BCUT2D eigenvalue weighted by molar-refractivity contribution is -0.124. The van der Waals surface area contributed by atoms with Gasteiger partial charge in [0.2, 0.25) is 0 Å². The molecule has 1 heterocycles. The van der Waals surface area contributed by atoms with Gasteiger partial charge in [-0.1, -0.05) is 25.1 Å². The van der Waals surface area contributed by atoms with E-state index in [0.29, 0.717) is 18.7 Å². The maximum atomic E-state index is 13.6. The molecule has 1 amide bonds. The smallest absolute Gasteiger partial charge is 0.338 e. The Morgan fingerprint density at radius 1 is 1.19 bits per heavy atom. The molecule has 2 aromatic carbocycles. The molecule has 0 bridgehead atoms. The molecule has 0 aromatic heterocycles. The van der Waals surface area contributed by atoms with E-state index < -0.39 is 28.5 Å². The van der Waals surface area contributed by atoms with Crippen LogP contribution in [0, 0.1) is 0 Å². The van der Waals surface area contributed by atoms with Crippen LogP contribution in [0.5, 0.6) is 5.75 Å². The van der Waals surface area contributed by atoms with E-state index in [9.17, 15) is 18.0 Å². The first kappa shape index (κ1) is 23.6. The van der Waals surface area contributed by atoms with Gasteiger partial charge in [0.15, 0.2) is 6.61 Å². The molecule has 1 aliphatic heterocycles. The van der Waals surface area contributed by atoms with Crippen LogP contribution in [-0.2, 0) is 26.0 Å². The summed E-state index contributed by atoms with van der Waals surface area (Å²) in [6.45, 7) is 3.65. The van der Waals surface area contributed by atoms with E-state index in [2.05, 4.69) is 5.32 Å². The Balaban J connectivity index is 1.87. The number of sulfonamides is 1. The predicted octanol–water partition coefficient (Wildman–Crippen LogP) is 2.91. The van der Waals surface area contributed by atoms with Crippen LogP contribution in [-0.4, -0.2) is 46.6 Å². The number of fused-ring (bicyclic) bond motifs is 1. The number of benzene rings is 2. The summed E-state index contributed by atoms with van der Waals surface area (Å²) in [7, 11) is -2.63. The first-order chi connectivity index (χ1) is 15.3. The summed E-state index contributed by atoms with van der Waals surface area (Å²) in [5.74, 6) is -1.08. The molecular formula is C23H28N2O6S. The zero-order chi connectivity index (χ0) is 23.3. The largest absolute Gasteiger partial charge is 0.495 e. The maximum absolute atomic E-state index is 13.6. The van der Waals surface area contributed by atoms with Crippen molar-refractivity contribution < 1.29 is 27.5 Å². The summed E-state index contributed by atoms with van der Waals surface area (Å²) in [6, 6.07) is 11.4. The van der Waals surface area contributed by atoms with Crippen molar-refractivity contribution in [2.75, 3.05) is 24.6 Å². The molecule has 0 spiro atoms. The number of hydrogen-bond acceptors (Lipinski definition) is 6. The Labute approximate surface area is 188 Å². The second-order valence-electron chi connectivity index (χ2n) is 7.63. The first-order valence-corrected chi connectivity index (χ1v) is 12.0. The van der Waals surface area contributed by atoms with Gasteiger partial charge in [-0.25, -0.2) is 13.2 Å². The summed E-state index contributed by atoms with van der Waals surface area (Å²) >= 11 is 0. The minimum absolute atomic E-state index is 0.0195. The van der Waals surface area contributed by atoms with Gasteiger partial charge < -0.3 is 14.8 Å². The Hall–Kier alpha value is -3.07. The summed E-state index contributed by atoms with van der Waals surface area (Å²) in [6.07, 6.45) is 2.23. The molecule has 172 valence electrons. The highest BCUT2D eigenvalue weighted by Gasteiger charge is 2.32. The number of nitrogens with zero attached hydrogens (tertiary/aromatic N) is 1. The van der Waals surface area contributed by atoms with Crippen molar-refractivity contribution >= 4 is 27.6 Å². The van der Waals surface area contributed by atoms with Crippen LogP contribution in [0.2, 0.25) is 0 Å². The van der Waals surface area contributed by atoms with E-state index in [4.69, 9.17) is 9.47 Å². The summed E-state index contributed by atoms with van der Waals surface area (Å²) in [5.41, 5.74) is 1.59. The molecule has 0 fully saturated rings. The number of esters is 1. The van der Waals surface area contributed by atoms with E-state index >= 15 is 0 Å². The van der Waals surface area contributed by atoms with Gasteiger partial charge in [0.05, 0.1) is 18.4 Å². The second-order valence-corrected chi connectivity index (χ2v) is 9.46. The minimum Gasteiger partial charge on any atom is -0.495 e. The van der Waals surface area contributed by atoms with Crippen molar-refractivity contribution in [3.8, 4) is 5.75 Å². The Kier molecular flexibility index (Phi) is 7.40. The minimum atomic E-state index is -4.00. The number of nitrogens with one attached hydrogen (secondary N) is 1. The van der Waals surface area contributed by atoms with Crippen molar-refractivity contribution in [2.24, 2.45) is 0 Å². The molecule has 3 rings (SSSR count). The molecule has 0 saturated heterocycles. The standard InChI is InChI=1S/C23H28N2O6S/c1-4-16(2)24-22(26)15-31-23(27)18-11-12-20(30-3)21(14-18)32(28,29)25-13-7-9-17-8-5-6-10-19(17)25/h5-6,8,10-12,14,16H,4,7,9,13,15H2,1-3H3,(H,24,26)/t16-/m0/s1. The number of amides is 1. The number of carbonyl (C=O) groups is 2. The average molecular weight is 461 g/mol. The molecule has 1 atom stereocenters. The lowest BCUT2D eigenvalue weighted by Crippen LogP contribution is -2.36. The second kappa shape index (κ2) is 10.0. The molecule has 8 nitrogen and oxygen atoms in total. The average Bonchev–Trinajstić information content (AvgIpc) is 2.81. The van der Waals surface area contributed by atoms with E-state index in [-0.39, 0.29) is 22.3 Å². The zero-order valence-electron chi connectivity index (χ0n) is 18.5. The van der Waals surface area contributed by atoms with Crippen LogP contribution in [0.25, 0.3) is 0 Å². The molecule has 32 heavy (non-hydrogen) atoms. The number of para-hydroxylation sites is 1. The van der Waals surface area contributed by atoms with E-state index in [1.165, 1.54) is 29.6 Å². The maximum Gasteiger partial charge on any atom is 0.338 e. The monoisotopic (exact) mass is 460 g/mol. The van der Waals surface area contributed by atoms with Crippen LogP contribution >= 0.6 is 0 Å². The summed E-state index contributed by atoms with van der Waals surface area (Å²) in [4.78, 5) is 24.3. The van der Waals surface area contributed by atoms with Crippen LogP contribution in [0.15, 0.2) is 47.4 Å². The van der Waals surface area contributed by atoms with Crippen molar-refractivity contribution in [1.29, 1.82) is 0 Å². The fourth-order valence-corrected chi connectivity index (χ4v) is 5.23. The third kappa shape index (κ3) is 5.04. The Bertz CT molecular complexity index is 1100. The SMILES string of the molecule is CC[C@H](C)NC(=O)COC(=O)c1ccc(OC)c(S(=O)(=O)N2CCCc3ccccc32)c1. The van der Waals surface area contributed by atoms with Gasteiger partial charge >= 0.3 is 5.97 Å². The number of aryl methyl sites for hydroxylation is 1. The predicted molar refractivity (Wildman–Crippen MR) is 120 cm³/mol. The van der Waals surface area contributed by atoms with Gasteiger partial charge in [0.25, 0.3) is 15.9 Å². The lowest BCUT2D eigenvalue weighted by Gasteiger charge is -2.30. The normalized spacial score (nSPS) is 14.3. The van der Waals surface area contributed by atoms with Gasteiger partial charge in [0.1, 0.15) is 10.6 Å². The van der Waals surface area contributed by atoms with Crippen molar-refractivity contribution in [2.45, 2.75) is 44.0 Å². The van der Waals surface area contributed by atoms with Crippen LogP contribution in [0.3, 0.4) is 0 Å². The number of ether oxygens (including phenoxy) is 2. The van der Waals surface area contributed by atoms with Crippen LogP contribution in [0.4, 0.5) is 5.69 Å². The van der Waals surface area contributed by atoms with Gasteiger partial charge in [-0.3, -0.25) is 9.10 Å². The fourth-order valence-electron chi connectivity index (χ4n) is 3.51. The fraction of sp³-hybridized carbons (Fsp3) is 0.391. The molecule has 2 aromatic rings. The van der Waals surface area contributed by atoms with Gasteiger partial charge in [-0.15, -0.1) is 0 Å². The molecule has 0 radical (unpaired) electrons. The molecular weight excluding hydrogens is 432 g/mol. The third-order valence-electron chi connectivity index (χ3n) is 5.39. The molecule has 1 aliphatic rings. The highest BCUT2D eigenvalue weighted by molar-refractivity contribution is 7.93. The van der Waals surface area contributed by atoms with Crippen molar-refractivity contribution in [3.05, 3.63) is 53.6 Å². The Morgan fingerprint density at radius 3 is 2.66 bits per heavy atom. The van der Waals surface area contributed by atoms with Gasteiger partial charge in [0, 0.05) is 12.6 Å². The van der Waals surface area contributed by atoms with E-state index in [0.717, 1.165) is 18.4 Å². The number of carbonyl (C=O) groups excluding carboxylic acids is 2. The highest BCUT2D eigenvalue weighted by atomic mass is 32.2. The van der Waals surface area contributed by atoms with Gasteiger partial charge in [-0.2, -0.15) is 0 Å².